The van der Waals surface area contributed by atoms with E-state index >= 15 is 0 Å². The highest BCUT2D eigenvalue weighted by molar-refractivity contribution is 5.74. The number of pyridine rings is 1. The highest BCUT2D eigenvalue weighted by atomic mass is 15.2. The van der Waals surface area contributed by atoms with Crippen LogP contribution in [0.25, 0.3) is 11.2 Å². The predicted molar refractivity (Wildman–Crippen MR) is 125 cm³/mol. The molecule has 0 amide bonds. The monoisotopic (exact) mass is 405 g/mol. The van der Waals surface area contributed by atoms with E-state index in [1.54, 1.807) is 0 Å². The summed E-state index contributed by atoms with van der Waals surface area (Å²) in [5, 5.41) is 3.75. The summed E-state index contributed by atoms with van der Waals surface area (Å²) >= 11 is 0. The Balaban J connectivity index is 1.37. The zero-order valence-electron chi connectivity index (χ0n) is 18.3. The number of hydrogen-bond acceptors (Lipinski definition) is 4. The summed E-state index contributed by atoms with van der Waals surface area (Å²) in [5.41, 5.74) is 3.18. The van der Waals surface area contributed by atoms with Gasteiger partial charge in [-0.3, -0.25) is 4.57 Å². The average Bonchev–Trinajstić information content (AvgIpc) is 3.12. The molecule has 0 spiro atoms. The first-order chi connectivity index (χ1) is 14.8. The first-order valence-electron chi connectivity index (χ1n) is 11.7. The molecule has 1 fully saturated rings. The van der Waals surface area contributed by atoms with Crippen LogP contribution in [0.15, 0.2) is 48.7 Å². The number of nitrogens with zero attached hydrogens (tertiary/aromatic N) is 4. The number of imidazole rings is 1. The van der Waals surface area contributed by atoms with Crippen LogP contribution in [0.4, 0.5) is 5.95 Å². The Bertz CT molecular complexity index is 896. The lowest BCUT2D eigenvalue weighted by molar-refractivity contribution is 0.214. The third kappa shape index (κ3) is 5.39. The van der Waals surface area contributed by atoms with E-state index in [1.165, 1.54) is 70.1 Å². The fraction of sp³-hybridized carbons (Fsp3) is 0.520. The van der Waals surface area contributed by atoms with Crippen LogP contribution in [0.2, 0.25) is 0 Å². The Kier molecular flexibility index (Phi) is 7.35. The van der Waals surface area contributed by atoms with Crippen molar-refractivity contribution < 1.29 is 0 Å². The molecule has 0 atom stereocenters. The van der Waals surface area contributed by atoms with Crippen molar-refractivity contribution in [2.45, 2.75) is 64.5 Å². The van der Waals surface area contributed by atoms with E-state index in [4.69, 9.17) is 4.98 Å². The van der Waals surface area contributed by atoms with Crippen molar-refractivity contribution in [1.29, 1.82) is 0 Å². The molecule has 3 heterocycles. The molecule has 5 nitrogen and oxygen atoms in total. The van der Waals surface area contributed by atoms with E-state index < -0.39 is 0 Å². The Hall–Kier alpha value is -2.40. The third-order valence-corrected chi connectivity index (χ3v) is 6.19. The second kappa shape index (κ2) is 10.6. The van der Waals surface area contributed by atoms with Gasteiger partial charge in [-0.15, -0.1) is 0 Å². The molecule has 1 saturated heterocycles. The van der Waals surface area contributed by atoms with Crippen molar-refractivity contribution in [2.75, 3.05) is 25.0 Å². The minimum Gasteiger partial charge on any atom is -0.353 e. The van der Waals surface area contributed by atoms with E-state index in [0.29, 0.717) is 6.04 Å². The maximum absolute atomic E-state index is 4.88. The van der Waals surface area contributed by atoms with Crippen molar-refractivity contribution in [1.82, 2.24) is 19.4 Å². The van der Waals surface area contributed by atoms with Gasteiger partial charge in [-0.2, -0.15) is 0 Å². The molecule has 0 radical (unpaired) electrons. The topological polar surface area (TPSA) is 46.0 Å². The first kappa shape index (κ1) is 20.9. The number of piperidine rings is 1. The molecule has 0 aliphatic carbocycles. The van der Waals surface area contributed by atoms with Crippen molar-refractivity contribution in [3.05, 3.63) is 54.2 Å². The minimum absolute atomic E-state index is 0.479. The zero-order valence-corrected chi connectivity index (χ0v) is 18.3. The van der Waals surface area contributed by atoms with Crippen LogP contribution in [0.3, 0.4) is 0 Å². The van der Waals surface area contributed by atoms with Crippen LogP contribution in [-0.4, -0.2) is 45.1 Å². The van der Waals surface area contributed by atoms with Crippen molar-refractivity contribution in [3.8, 4) is 0 Å². The van der Waals surface area contributed by atoms with Crippen LogP contribution in [-0.2, 0) is 6.54 Å². The number of aromatic nitrogens is 3. The molecule has 5 heteroatoms. The number of nitrogens with one attached hydrogen (secondary N) is 1. The molecule has 0 saturated carbocycles. The van der Waals surface area contributed by atoms with Crippen LogP contribution in [0, 0.1) is 0 Å². The lowest BCUT2D eigenvalue weighted by Crippen LogP contribution is -2.40. The number of unbranched alkanes of at least 4 members (excludes halogenated alkanes) is 4. The Morgan fingerprint density at radius 2 is 1.77 bits per heavy atom. The maximum Gasteiger partial charge on any atom is 0.205 e. The van der Waals surface area contributed by atoms with Crippen LogP contribution in [0.1, 0.15) is 57.4 Å². The van der Waals surface area contributed by atoms with Crippen molar-refractivity contribution in [3.63, 3.8) is 0 Å². The van der Waals surface area contributed by atoms with Gasteiger partial charge >= 0.3 is 0 Å². The van der Waals surface area contributed by atoms with E-state index in [2.05, 4.69) is 63.1 Å². The van der Waals surface area contributed by atoms with Gasteiger partial charge in [0.25, 0.3) is 0 Å². The fourth-order valence-electron chi connectivity index (χ4n) is 4.41. The van der Waals surface area contributed by atoms with Gasteiger partial charge in [0.15, 0.2) is 5.65 Å². The molecule has 4 rings (SSSR count). The van der Waals surface area contributed by atoms with Crippen molar-refractivity contribution in [2.24, 2.45) is 0 Å². The van der Waals surface area contributed by atoms with Crippen molar-refractivity contribution >= 4 is 17.1 Å². The Morgan fingerprint density at radius 3 is 2.57 bits per heavy atom. The van der Waals surface area contributed by atoms with Gasteiger partial charge in [0.2, 0.25) is 5.95 Å². The average molecular weight is 406 g/mol. The lowest BCUT2D eigenvalue weighted by atomic mass is 10.0. The van der Waals surface area contributed by atoms with Crippen LogP contribution in [0.5, 0.6) is 0 Å². The van der Waals surface area contributed by atoms with Gasteiger partial charge in [0, 0.05) is 25.3 Å². The van der Waals surface area contributed by atoms with Crippen LogP contribution >= 0.6 is 0 Å². The first-order valence-corrected chi connectivity index (χ1v) is 11.7. The lowest BCUT2D eigenvalue weighted by Gasteiger charge is -2.32. The SMILES string of the molecule is CCCCCCCN1CCC(Nc2nc3cccnc3n2Cc2ccccc2)CC1. The third-order valence-electron chi connectivity index (χ3n) is 6.19. The standard InChI is InChI=1S/C25H35N5/c1-2-3-4-5-9-17-29-18-14-22(15-19-29)27-25-28-23-13-10-16-26-24(23)30(25)20-21-11-7-6-8-12-21/h6-8,10-13,16,22H,2-5,9,14-15,17-20H2,1H3,(H,27,28). The summed E-state index contributed by atoms with van der Waals surface area (Å²) in [6, 6.07) is 15.1. The van der Waals surface area contributed by atoms with E-state index in [9.17, 15) is 0 Å². The maximum atomic E-state index is 4.88. The number of likely N-dealkylation sites (tertiary alicyclic amines) is 1. The molecular formula is C25H35N5. The number of rotatable bonds is 10. The van der Waals surface area contributed by atoms with Gasteiger partial charge in [0.05, 0.1) is 6.54 Å². The molecule has 2 aromatic heterocycles. The molecular weight excluding hydrogens is 370 g/mol. The van der Waals surface area contributed by atoms with Gasteiger partial charge in [-0.1, -0.05) is 62.9 Å². The molecule has 30 heavy (non-hydrogen) atoms. The number of benzene rings is 1. The van der Waals surface area contributed by atoms with Gasteiger partial charge < -0.3 is 10.2 Å². The summed E-state index contributed by atoms with van der Waals surface area (Å²) < 4.78 is 2.23. The molecule has 1 aliphatic rings. The molecule has 0 bridgehead atoms. The number of fused-ring (bicyclic) bond motifs is 1. The molecule has 1 N–H and O–H groups in total. The minimum atomic E-state index is 0.479. The van der Waals surface area contributed by atoms with E-state index in [1.807, 2.05) is 12.3 Å². The second-order valence-corrected chi connectivity index (χ2v) is 8.53. The second-order valence-electron chi connectivity index (χ2n) is 8.53. The van der Waals surface area contributed by atoms with Crippen LogP contribution < -0.4 is 5.32 Å². The molecule has 160 valence electrons. The summed E-state index contributed by atoms with van der Waals surface area (Å²) in [4.78, 5) is 12.1. The summed E-state index contributed by atoms with van der Waals surface area (Å²) in [6.45, 7) is 6.69. The van der Waals surface area contributed by atoms with Gasteiger partial charge in [0.1, 0.15) is 5.52 Å². The largest absolute Gasteiger partial charge is 0.353 e. The summed E-state index contributed by atoms with van der Waals surface area (Å²) in [6.07, 6.45) is 11.0. The Morgan fingerprint density at radius 1 is 0.967 bits per heavy atom. The quantitative estimate of drug-likeness (QED) is 0.463. The highest BCUT2D eigenvalue weighted by Gasteiger charge is 2.21. The molecule has 1 aromatic carbocycles. The summed E-state index contributed by atoms with van der Waals surface area (Å²) in [7, 11) is 0. The van der Waals surface area contributed by atoms with Gasteiger partial charge in [-0.05, 0) is 43.5 Å². The van der Waals surface area contributed by atoms with E-state index in [0.717, 1.165) is 23.7 Å². The predicted octanol–water partition coefficient (Wildman–Crippen LogP) is 5.33. The fourth-order valence-corrected chi connectivity index (χ4v) is 4.41. The number of hydrogen-bond donors (Lipinski definition) is 1. The zero-order chi connectivity index (χ0) is 20.6. The van der Waals surface area contributed by atoms with Gasteiger partial charge in [-0.25, -0.2) is 9.97 Å². The highest BCUT2D eigenvalue weighted by Crippen LogP contribution is 2.22. The Labute approximate surface area is 180 Å². The number of anilines is 1. The molecule has 0 unspecified atom stereocenters. The van der Waals surface area contributed by atoms with E-state index in [-0.39, 0.29) is 0 Å². The molecule has 3 aromatic rings. The smallest absolute Gasteiger partial charge is 0.205 e. The summed E-state index contributed by atoms with van der Waals surface area (Å²) in [5.74, 6) is 0.950. The normalized spacial score (nSPS) is 15.6. The molecule has 1 aliphatic heterocycles.